The van der Waals surface area contributed by atoms with Gasteiger partial charge in [0.25, 0.3) is 5.69 Å². The van der Waals surface area contributed by atoms with E-state index in [2.05, 4.69) is 29.8 Å². The van der Waals surface area contributed by atoms with E-state index in [9.17, 15) is 14.9 Å². The van der Waals surface area contributed by atoms with Crippen molar-refractivity contribution in [2.75, 3.05) is 6.54 Å². The lowest BCUT2D eigenvalue weighted by Gasteiger charge is -2.18. The second-order valence-electron chi connectivity index (χ2n) is 5.49. The van der Waals surface area contributed by atoms with Gasteiger partial charge < -0.3 is 4.90 Å². The highest BCUT2D eigenvalue weighted by Crippen LogP contribution is 2.31. The Morgan fingerprint density at radius 1 is 1.50 bits per heavy atom. The number of carbonyl (C=O) groups is 1. The van der Waals surface area contributed by atoms with Crippen LogP contribution in [0.5, 0.6) is 0 Å². The fourth-order valence-corrected chi connectivity index (χ4v) is 2.97. The summed E-state index contributed by atoms with van der Waals surface area (Å²) in [6.07, 6.45) is 0.574. The highest BCUT2D eigenvalue weighted by Gasteiger charge is 2.31. The van der Waals surface area contributed by atoms with Crippen LogP contribution in [0.15, 0.2) is 22.7 Å². The molecule has 20 heavy (non-hydrogen) atoms. The molecule has 1 unspecified atom stereocenters. The van der Waals surface area contributed by atoms with Gasteiger partial charge in [-0.05, 0) is 33.3 Å². The quantitative estimate of drug-likeness (QED) is 0.623. The Hall–Kier alpha value is -1.43. The fraction of sp³-hybridized carbons (Fsp3) is 0.500. The molecule has 6 heteroatoms. The SMILES string of the molecule is CC(C)C1CC(=O)N(Cc2cccc([N+](=O)[O-])c2Br)C1. The van der Waals surface area contributed by atoms with Crippen molar-refractivity contribution in [1.29, 1.82) is 0 Å². The Morgan fingerprint density at radius 2 is 2.20 bits per heavy atom. The second-order valence-corrected chi connectivity index (χ2v) is 6.28. The summed E-state index contributed by atoms with van der Waals surface area (Å²) in [5.41, 5.74) is 0.812. The first-order valence-electron chi connectivity index (χ1n) is 6.59. The number of likely N-dealkylation sites (tertiary alicyclic amines) is 1. The summed E-state index contributed by atoms with van der Waals surface area (Å²) < 4.78 is 0.464. The van der Waals surface area contributed by atoms with Crippen LogP contribution in [0.1, 0.15) is 25.8 Å². The van der Waals surface area contributed by atoms with Gasteiger partial charge >= 0.3 is 0 Å². The van der Waals surface area contributed by atoms with Gasteiger partial charge in [0.15, 0.2) is 0 Å². The number of nitrogens with zero attached hydrogens (tertiary/aromatic N) is 2. The van der Waals surface area contributed by atoms with Crippen LogP contribution in [0.4, 0.5) is 5.69 Å². The number of hydrogen-bond acceptors (Lipinski definition) is 3. The minimum absolute atomic E-state index is 0.0366. The standard InChI is InChI=1S/C14H17BrN2O3/c1-9(2)11-6-13(18)16(8-11)7-10-4-3-5-12(14(10)15)17(19)20/h3-5,9,11H,6-8H2,1-2H3. The highest BCUT2D eigenvalue weighted by molar-refractivity contribution is 9.10. The van der Waals surface area contributed by atoms with Crippen LogP contribution < -0.4 is 0 Å². The lowest BCUT2D eigenvalue weighted by atomic mass is 9.95. The average molecular weight is 341 g/mol. The summed E-state index contributed by atoms with van der Waals surface area (Å²) >= 11 is 3.27. The topological polar surface area (TPSA) is 63.5 Å². The van der Waals surface area contributed by atoms with Crippen LogP contribution in [0.3, 0.4) is 0 Å². The Morgan fingerprint density at radius 3 is 2.75 bits per heavy atom. The van der Waals surface area contributed by atoms with E-state index < -0.39 is 4.92 Å². The molecule has 0 aromatic heterocycles. The maximum atomic E-state index is 12.0. The second kappa shape index (κ2) is 5.91. The number of hydrogen-bond donors (Lipinski definition) is 0. The predicted molar refractivity (Wildman–Crippen MR) is 79.2 cm³/mol. The van der Waals surface area contributed by atoms with Crippen LogP contribution in [-0.4, -0.2) is 22.3 Å². The van der Waals surface area contributed by atoms with Gasteiger partial charge in [-0.3, -0.25) is 14.9 Å². The third-order valence-electron chi connectivity index (χ3n) is 3.80. The van der Waals surface area contributed by atoms with E-state index in [1.54, 1.807) is 11.0 Å². The molecule has 0 N–H and O–H groups in total. The molecule has 0 aliphatic carbocycles. The first-order valence-corrected chi connectivity index (χ1v) is 7.39. The van der Waals surface area contributed by atoms with Crippen molar-refractivity contribution in [2.45, 2.75) is 26.8 Å². The van der Waals surface area contributed by atoms with Gasteiger partial charge in [-0.2, -0.15) is 0 Å². The molecule has 0 radical (unpaired) electrons. The maximum absolute atomic E-state index is 12.0. The molecular weight excluding hydrogens is 324 g/mol. The molecule has 1 fully saturated rings. The molecule has 0 bridgehead atoms. The largest absolute Gasteiger partial charge is 0.338 e. The number of amides is 1. The van der Waals surface area contributed by atoms with Gasteiger partial charge in [0.05, 0.1) is 4.92 Å². The van der Waals surface area contributed by atoms with Gasteiger partial charge in [-0.15, -0.1) is 0 Å². The molecule has 1 amide bonds. The number of rotatable bonds is 4. The number of nitro groups is 1. The van der Waals surface area contributed by atoms with Crippen molar-refractivity contribution in [3.63, 3.8) is 0 Å². The Labute approximate surface area is 126 Å². The van der Waals surface area contributed by atoms with Gasteiger partial charge in [0, 0.05) is 25.6 Å². The maximum Gasteiger partial charge on any atom is 0.283 e. The average Bonchev–Trinajstić information content (AvgIpc) is 2.73. The van der Waals surface area contributed by atoms with Crippen LogP contribution >= 0.6 is 15.9 Å². The van der Waals surface area contributed by atoms with Crippen molar-refractivity contribution in [3.8, 4) is 0 Å². The molecule has 5 nitrogen and oxygen atoms in total. The van der Waals surface area contributed by atoms with Crippen LogP contribution in [-0.2, 0) is 11.3 Å². The van der Waals surface area contributed by atoms with Crippen molar-refractivity contribution >= 4 is 27.5 Å². The van der Waals surface area contributed by atoms with E-state index >= 15 is 0 Å². The number of benzene rings is 1. The monoisotopic (exact) mass is 340 g/mol. The van der Waals surface area contributed by atoms with E-state index in [0.29, 0.717) is 29.3 Å². The summed E-state index contributed by atoms with van der Waals surface area (Å²) in [6.45, 7) is 5.38. The van der Waals surface area contributed by atoms with E-state index in [1.807, 2.05) is 6.07 Å². The van der Waals surface area contributed by atoms with Crippen molar-refractivity contribution < 1.29 is 9.72 Å². The lowest BCUT2D eigenvalue weighted by Crippen LogP contribution is -2.25. The third kappa shape index (κ3) is 3.00. The minimum Gasteiger partial charge on any atom is -0.338 e. The van der Waals surface area contributed by atoms with Crippen LogP contribution in [0.25, 0.3) is 0 Å². The van der Waals surface area contributed by atoms with E-state index in [-0.39, 0.29) is 11.6 Å². The Kier molecular flexibility index (Phi) is 4.42. The molecule has 2 rings (SSSR count). The Balaban J connectivity index is 2.17. The molecule has 1 heterocycles. The third-order valence-corrected chi connectivity index (χ3v) is 4.72. The molecule has 1 atom stereocenters. The zero-order chi connectivity index (χ0) is 14.9. The van der Waals surface area contributed by atoms with Crippen molar-refractivity contribution in [1.82, 2.24) is 4.90 Å². The summed E-state index contributed by atoms with van der Waals surface area (Å²) in [5.74, 6) is 0.972. The van der Waals surface area contributed by atoms with Gasteiger partial charge in [-0.25, -0.2) is 0 Å². The van der Waals surface area contributed by atoms with Crippen LogP contribution in [0, 0.1) is 22.0 Å². The molecule has 0 spiro atoms. The fourth-order valence-electron chi connectivity index (χ4n) is 2.44. The van der Waals surface area contributed by atoms with Crippen molar-refractivity contribution in [3.05, 3.63) is 38.3 Å². The van der Waals surface area contributed by atoms with Gasteiger partial charge in [0.2, 0.25) is 5.91 Å². The summed E-state index contributed by atoms with van der Waals surface area (Å²) in [5, 5.41) is 10.9. The zero-order valence-electron chi connectivity index (χ0n) is 11.5. The minimum atomic E-state index is -0.420. The normalized spacial score (nSPS) is 18.9. The summed E-state index contributed by atoms with van der Waals surface area (Å²) in [7, 11) is 0. The van der Waals surface area contributed by atoms with E-state index in [4.69, 9.17) is 0 Å². The van der Waals surface area contributed by atoms with E-state index in [0.717, 1.165) is 12.1 Å². The summed E-state index contributed by atoms with van der Waals surface area (Å²) in [6, 6.07) is 4.92. The molecule has 1 aromatic carbocycles. The smallest absolute Gasteiger partial charge is 0.283 e. The molecule has 1 aromatic rings. The van der Waals surface area contributed by atoms with Crippen LogP contribution in [0.2, 0.25) is 0 Å². The lowest BCUT2D eigenvalue weighted by molar-refractivity contribution is -0.385. The molecular formula is C14H17BrN2O3. The summed E-state index contributed by atoms with van der Waals surface area (Å²) in [4.78, 5) is 24.3. The molecule has 0 saturated carbocycles. The zero-order valence-corrected chi connectivity index (χ0v) is 13.1. The first-order chi connectivity index (χ1) is 9.40. The van der Waals surface area contributed by atoms with Crippen molar-refractivity contribution in [2.24, 2.45) is 11.8 Å². The van der Waals surface area contributed by atoms with E-state index in [1.165, 1.54) is 6.07 Å². The predicted octanol–water partition coefficient (Wildman–Crippen LogP) is 3.36. The number of halogens is 1. The molecule has 108 valence electrons. The first kappa shape index (κ1) is 15.0. The molecule has 1 aliphatic heterocycles. The molecule has 1 aliphatic rings. The number of carbonyl (C=O) groups excluding carboxylic acids is 1. The highest BCUT2D eigenvalue weighted by atomic mass is 79.9. The number of nitro benzene ring substituents is 1. The Bertz CT molecular complexity index is 545. The van der Waals surface area contributed by atoms with Gasteiger partial charge in [0.1, 0.15) is 4.47 Å². The molecule has 1 saturated heterocycles. The van der Waals surface area contributed by atoms with Gasteiger partial charge in [-0.1, -0.05) is 26.0 Å².